The van der Waals surface area contributed by atoms with Crippen molar-refractivity contribution < 1.29 is 14.6 Å². The van der Waals surface area contributed by atoms with Crippen LogP contribution < -0.4 is 16.4 Å². The zero-order chi connectivity index (χ0) is 19.5. The number of nitrogens with two attached hydrogens (primary N) is 1. The van der Waals surface area contributed by atoms with Gasteiger partial charge in [0.15, 0.2) is 0 Å². The number of carbonyl (C=O) groups is 1. The molecule has 1 unspecified atom stereocenters. The summed E-state index contributed by atoms with van der Waals surface area (Å²) in [6.45, 7) is 6.55. The molecular formula is C17H30N6O3. The molecule has 146 valence electrons. The number of aromatic amines is 1. The molecule has 9 nitrogen and oxygen atoms in total. The highest BCUT2D eigenvalue weighted by molar-refractivity contribution is 5.85. The molecular weight excluding hydrogens is 336 g/mol. The molecule has 9 heteroatoms. The molecule has 3 heterocycles. The second-order valence-electron chi connectivity index (χ2n) is 5.63. The maximum absolute atomic E-state index is 11.3. The van der Waals surface area contributed by atoms with E-state index in [0.29, 0.717) is 25.4 Å². The van der Waals surface area contributed by atoms with Crippen LogP contribution in [0.5, 0.6) is 0 Å². The largest absolute Gasteiger partial charge is 0.391 e. The van der Waals surface area contributed by atoms with E-state index < -0.39 is 6.10 Å². The van der Waals surface area contributed by atoms with Crippen molar-refractivity contribution in [3.63, 3.8) is 0 Å². The van der Waals surface area contributed by atoms with Crippen LogP contribution in [0.25, 0.3) is 11.0 Å². The van der Waals surface area contributed by atoms with E-state index in [-0.39, 0.29) is 18.1 Å². The highest BCUT2D eigenvalue weighted by atomic mass is 16.5. The Balaban J connectivity index is 0.000000246. The van der Waals surface area contributed by atoms with Crippen LogP contribution in [-0.4, -0.2) is 64.4 Å². The van der Waals surface area contributed by atoms with Crippen LogP contribution in [0.1, 0.15) is 27.2 Å². The number of fused-ring (bicyclic) bond motifs is 1. The summed E-state index contributed by atoms with van der Waals surface area (Å²) >= 11 is 0. The fourth-order valence-electron chi connectivity index (χ4n) is 2.42. The molecule has 1 amide bonds. The third kappa shape index (κ3) is 6.58. The Hall–Kier alpha value is -2.23. The van der Waals surface area contributed by atoms with Crippen molar-refractivity contribution in [3.8, 4) is 0 Å². The molecule has 1 aliphatic rings. The van der Waals surface area contributed by atoms with E-state index in [1.807, 2.05) is 26.8 Å². The average Bonchev–Trinajstić information content (AvgIpc) is 3.11. The number of likely N-dealkylation sites (N-methyl/N-ethyl adjacent to an activating group) is 1. The molecule has 1 saturated heterocycles. The van der Waals surface area contributed by atoms with Gasteiger partial charge >= 0.3 is 0 Å². The fourth-order valence-corrected chi connectivity index (χ4v) is 2.42. The summed E-state index contributed by atoms with van der Waals surface area (Å²) in [5.74, 6) is 0.452. The van der Waals surface area contributed by atoms with Crippen molar-refractivity contribution in [2.24, 2.45) is 0 Å². The third-order valence-corrected chi connectivity index (χ3v) is 3.71. The molecule has 0 aromatic carbocycles. The van der Waals surface area contributed by atoms with Gasteiger partial charge in [0.05, 0.1) is 36.8 Å². The molecule has 2 aromatic rings. The minimum absolute atomic E-state index is 0.0285. The zero-order valence-corrected chi connectivity index (χ0v) is 15.8. The first-order valence-corrected chi connectivity index (χ1v) is 8.78. The average molecular weight is 366 g/mol. The Morgan fingerprint density at radius 1 is 1.46 bits per heavy atom. The van der Waals surface area contributed by atoms with Gasteiger partial charge in [-0.3, -0.25) is 4.79 Å². The van der Waals surface area contributed by atoms with E-state index in [2.05, 4.69) is 25.6 Å². The maximum Gasteiger partial charge on any atom is 0.234 e. The lowest BCUT2D eigenvalue weighted by Crippen LogP contribution is -2.51. The number of nitrogen functional groups attached to an aromatic ring is 1. The van der Waals surface area contributed by atoms with Gasteiger partial charge in [-0.15, -0.1) is 0 Å². The molecule has 0 bridgehead atoms. The van der Waals surface area contributed by atoms with Crippen molar-refractivity contribution >= 4 is 22.8 Å². The van der Waals surface area contributed by atoms with Crippen LogP contribution in [0.15, 0.2) is 18.6 Å². The predicted octanol–water partition coefficient (Wildman–Crippen LogP) is 0.427. The molecule has 3 atom stereocenters. The number of ether oxygens (including phenoxy) is 1. The fraction of sp³-hybridized carbons (Fsp3) is 0.588. The topological polar surface area (TPSA) is 138 Å². The first-order chi connectivity index (χ1) is 12.5. The highest BCUT2D eigenvalue weighted by Crippen LogP contribution is 2.14. The summed E-state index contributed by atoms with van der Waals surface area (Å²) in [7, 11) is 1.72. The van der Waals surface area contributed by atoms with Gasteiger partial charge in [-0.2, -0.15) is 0 Å². The Kier molecular flexibility index (Phi) is 9.56. The van der Waals surface area contributed by atoms with Crippen LogP contribution in [-0.2, 0) is 9.53 Å². The van der Waals surface area contributed by atoms with Crippen LogP contribution in [0.3, 0.4) is 0 Å². The number of hydrogen-bond donors (Lipinski definition) is 5. The number of nitrogens with one attached hydrogen (secondary N) is 3. The van der Waals surface area contributed by atoms with E-state index in [9.17, 15) is 9.90 Å². The second kappa shape index (κ2) is 11.4. The van der Waals surface area contributed by atoms with Gasteiger partial charge in [0.2, 0.25) is 5.91 Å². The number of H-pyrrole nitrogens is 1. The molecule has 26 heavy (non-hydrogen) atoms. The van der Waals surface area contributed by atoms with Crippen LogP contribution in [0, 0.1) is 0 Å². The molecule has 2 aromatic heterocycles. The second-order valence-corrected chi connectivity index (χ2v) is 5.63. The van der Waals surface area contributed by atoms with Crippen molar-refractivity contribution in [1.82, 2.24) is 25.6 Å². The number of aromatic nitrogens is 3. The molecule has 1 fully saturated rings. The van der Waals surface area contributed by atoms with Crippen molar-refractivity contribution in [2.75, 3.05) is 25.9 Å². The lowest BCUT2D eigenvalue weighted by molar-refractivity contribution is -0.125. The number of amides is 1. The standard InChI is InChI=1S/C9H18N2O3.C6H6N4.C2H6/c1-6-8(3-7(12)5-14-6)11-9(13)4-10-2;7-5-4-1-2-8-6(4)10-3-9-5;1-2/h6-8,10,12H,3-5H2,1-2H3,(H,11,13);1-3H,(H3,7,8,9,10);1-2H3/t6-,7+,8?;;/m0../s1. The summed E-state index contributed by atoms with van der Waals surface area (Å²) in [6, 6.07) is 1.77. The first kappa shape index (κ1) is 21.8. The summed E-state index contributed by atoms with van der Waals surface area (Å²) in [4.78, 5) is 22.0. The number of carbonyl (C=O) groups excluding carboxylic acids is 1. The summed E-state index contributed by atoms with van der Waals surface area (Å²) < 4.78 is 5.30. The Bertz CT molecular complexity index is 663. The van der Waals surface area contributed by atoms with Crippen molar-refractivity contribution in [3.05, 3.63) is 18.6 Å². The number of hydrogen-bond acceptors (Lipinski definition) is 7. The molecule has 6 N–H and O–H groups in total. The number of aliphatic hydroxyl groups is 1. The quantitative estimate of drug-likeness (QED) is 0.531. The molecule has 0 aliphatic carbocycles. The van der Waals surface area contributed by atoms with E-state index >= 15 is 0 Å². The first-order valence-electron chi connectivity index (χ1n) is 8.78. The molecule has 0 saturated carbocycles. The lowest BCUT2D eigenvalue weighted by Gasteiger charge is -2.32. The lowest BCUT2D eigenvalue weighted by atomic mass is 10.0. The van der Waals surface area contributed by atoms with Crippen LogP contribution >= 0.6 is 0 Å². The van der Waals surface area contributed by atoms with E-state index in [1.165, 1.54) is 6.33 Å². The molecule has 3 rings (SSSR count). The van der Waals surface area contributed by atoms with Gasteiger partial charge in [0.1, 0.15) is 17.8 Å². The molecule has 0 spiro atoms. The van der Waals surface area contributed by atoms with Gasteiger partial charge in [0.25, 0.3) is 0 Å². The van der Waals surface area contributed by atoms with Gasteiger partial charge in [-0.1, -0.05) is 13.8 Å². The van der Waals surface area contributed by atoms with Gasteiger partial charge in [-0.25, -0.2) is 9.97 Å². The zero-order valence-electron chi connectivity index (χ0n) is 15.8. The predicted molar refractivity (Wildman–Crippen MR) is 102 cm³/mol. The summed E-state index contributed by atoms with van der Waals surface area (Å²) in [5, 5.41) is 15.8. The van der Waals surface area contributed by atoms with Gasteiger partial charge in [-0.05, 0) is 26.5 Å². The number of aliphatic hydroxyl groups excluding tert-OH is 1. The van der Waals surface area contributed by atoms with Crippen LogP contribution in [0.2, 0.25) is 0 Å². The van der Waals surface area contributed by atoms with Crippen LogP contribution in [0.4, 0.5) is 5.82 Å². The molecule has 0 radical (unpaired) electrons. The molecule has 1 aliphatic heterocycles. The van der Waals surface area contributed by atoms with Crippen molar-refractivity contribution in [2.45, 2.75) is 45.4 Å². The minimum Gasteiger partial charge on any atom is -0.391 e. The Morgan fingerprint density at radius 2 is 2.19 bits per heavy atom. The summed E-state index contributed by atoms with van der Waals surface area (Å²) in [6.07, 6.45) is 3.30. The van der Waals surface area contributed by atoms with E-state index in [4.69, 9.17) is 10.5 Å². The van der Waals surface area contributed by atoms with E-state index in [0.717, 1.165) is 11.0 Å². The number of nitrogens with zero attached hydrogens (tertiary/aromatic N) is 2. The highest BCUT2D eigenvalue weighted by Gasteiger charge is 2.28. The smallest absolute Gasteiger partial charge is 0.234 e. The Labute approximate surface area is 153 Å². The SMILES string of the molecule is CC.CNCC(=O)NC1C[C@@H](O)CO[C@H]1C.Nc1ncnc2[nH]ccc12. The number of rotatable bonds is 3. The maximum atomic E-state index is 11.3. The van der Waals surface area contributed by atoms with E-state index in [1.54, 1.807) is 13.2 Å². The monoisotopic (exact) mass is 366 g/mol. The number of anilines is 1. The normalized spacial score (nSPS) is 21.8. The Morgan fingerprint density at radius 3 is 2.85 bits per heavy atom. The third-order valence-electron chi connectivity index (χ3n) is 3.71. The van der Waals surface area contributed by atoms with Gasteiger partial charge < -0.3 is 31.2 Å². The minimum atomic E-state index is -0.467. The van der Waals surface area contributed by atoms with Crippen molar-refractivity contribution in [1.29, 1.82) is 0 Å². The van der Waals surface area contributed by atoms with Gasteiger partial charge in [0, 0.05) is 6.20 Å². The summed E-state index contributed by atoms with van der Waals surface area (Å²) in [5.41, 5.74) is 6.31.